The molecule has 0 aliphatic rings. The van der Waals surface area contributed by atoms with Gasteiger partial charge in [0.1, 0.15) is 11.5 Å². The predicted molar refractivity (Wildman–Crippen MR) is 83.7 cm³/mol. The van der Waals surface area contributed by atoms with E-state index in [1.165, 1.54) is 0 Å². The number of aliphatic hydroxyl groups excluding tert-OH is 1. The molecule has 0 fully saturated rings. The van der Waals surface area contributed by atoms with Crippen molar-refractivity contribution in [3.8, 4) is 0 Å². The lowest BCUT2D eigenvalue weighted by Crippen LogP contribution is -2.24. The smallest absolute Gasteiger partial charge is 0.105 e. The van der Waals surface area contributed by atoms with E-state index < -0.39 is 6.10 Å². The molecule has 2 aromatic rings. The highest BCUT2D eigenvalue weighted by Crippen LogP contribution is 2.22. The molecule has 20 heavy (non-hydrogen) atoms. The van der Waals surface area contributed by atoms with Crippen LogP contribution in [0.25, 0.3) is 0 Å². The molecule has 2 rings (SSSR count). The molecule has 3 nitrogen and oxygen atoms in total. The maximum Gasteiger partial charge on any atom is 0.105 e. The number of halogens is 1. The summed E-state index contributed by atoms with van der Waals surface area (Å²) in [6.07, 6.45) is -0.525. The molecule has 0 radical (unpaired) electrons. The number of hydrogen-bond acceptors (Lipinski definition) is 3. The Balaban J connectivity index is 1.96. The van der Waals surface area contributed by atoms with Crippen LogP contribution in [0.15, 0.2) is 39.2 Å². The Kier molecular flexibility index (Phi) is 5.02. The van der Waals surface area contributed by atoms with Gasteiger partial charge in [-0.3, -0.25) is 0 Å². The van der Waals surface area contributed by atoms with Crippen LogP contribution in [0.4, 0.5) is 0 Å². The van der Waals surface area contributed by atoms with Crippen molar-refractivity contribution in [1.29, 1.82) is 0 Å². The third-order valence-electron chi connectivity index (χ3n) is 3.40. The van der Waals surface area contributed by atoms with Gasteiger partial charge in [0.05, 0.1) is 6.10 Å². The molecule has 4 heteroatoms. The fourth-order valence-corrected chi connectivity index (χ4v) is 2.73. The van der Waals surface area contributed by atoms with E-state index >= 15 is 0 Å². The summed E-state index contributed by atoms with van der Waals surface area (Å²) >= 11 is 3.42. The molecule has 1 aromatic heterocycles. The first-order valence-corrected chi connectivity index (χ1v) is 7.50. The summed E-state index contributed by atoms with van der Waals surface area (Å²) < 4.78 is 6.51. The van der Waals surface area contributed by atoms with E-state index in [4.69, 9.17) is 4.42 Å². The van der Waals surface area contributed by atoms with E-state index in [1.54, 1.807) is 0 Å². The molecule has 108 valence electrons. The summed E-state index contributed by atoms with van der Waals surface area (Å²) in [7, 11) is 0. The number of furan rings is 1. The summed E-state index contributed by atoms with van der Waals surface area (Å²) in [5.74, 6) is 1.85. The van der Waals surface area contributed by atoms with Crippen LogP contribution in [0.2, 0.25) is 0 Å². The molecule has 0 bridgehead atoms. The van der Waals surface area contributed by atoms with Crippen LogP contribution in [-0.4, -0.2) is 11.7 Å². The van der Waals surface area contributed by atoms with Crippen LogP contribution in [0.3, 0.4) is 0 Å². The van der Waals surface area contributed by atoms with Crippen molar-refractivity contribution in [3.63, 3.8) is 0 Å². The maximum absolute atomic E-state index is 10.2. The number of nitrogens with one attached hydrogen (secondary N) is 1. The first-order chi connectivity index (χ1) is 9.47. The quantitative estimate of drug-likeness (QED) is 0.865. The van der Waals surface area contributed by atoms with Gasteiger partial charge in [0.15, 0.2) is 0 Å². The summed E-state index contributed by atoms with van der Waals surface area (Å²) in [5.41, 5.74) is 2.04. The van der Waals surface area contributed by atoms with E-state index in [0.29, 0.717) is 6.54 Å². The highest BCUT2D eigenvalue weighted by Gasteiger charge is 2.14. The van der Waals surface area contributed by atoms with E-state index in [1.807, 2.05) is 44.2 Å². The van der Waals surface area contributed by atoms with Crippen molar-refractivity contribution >= 4 is 15.9 Å². The summed E-state index contributed by atoms with van der Waals surface area (Å²) in [5, 5.41) is 13.6. The van der Waals surface area contributed by atoms with Crippen molar-refractivity contribution in [2.75, 3.05) is 6.54 Å². The van der Waals surface area contributed by atoms with Crippen LogP contribution in [-0.2, 0) is 0 Å². The molecule has 1 heterocycles. The second-order valence-electron chi connectivity index (χ2n) is 5.07. The number of aryl methyl sites for hydroxylation is 2. The molecule has 0 saturated carbocycles. The van der Waals surface area contributed by atoms with E-state index in [9.17, 15) is 5.11 Å². The van der Waals surface area contributed by atoms with Crippen LogP contribution in [0, 0.1) is 13.8 Å². The average Bonchev–Trinajstić information content (AvgIpc) is 2.74. The molecule has 0 aliphatic heterocycles. The van der Waals surface area contributed by atoms with Gasteiger partial charge in [-0.05, 0) is 44.5 Å². The Bertz CT molecular complexity index is 580. The van der Waals surface area contributed by atoms with Gasteiger partial charge in [-0.25, -0.2) is 0 Å². The molecular formula is C16H20BrNO2. The van der Waals surface area contributed by atoms with Gasteiger partial charge < -0.3 is 14.8 Å². The number of benzene rings is 1. The molecule has 0 amide bonds. The Morgan fingerprint density at radius 2 is 2.05 bits per heavy atom. The summed E-state index contributed by atoms with van der Waals surface area (Å²) in [4.78, 5) is 0. The predicted octanol–water partition coefficient (Wildman–Crippen LogP) is 4.04. The molecule has 0 aliphatic carbocycles. The number of rotatable bonds is 5. The van der Waals surface area contributed by atoms with E-state index in [-0.39, 0.29) is 6.04 Å². The fourth-order valence-electron chi connectivity index (χ4n) is 2.31. The largest absolute Gasteiger partial charge is 0.466 e. The fraction of sp³-hybridized carbons (Fsp3) is 0.375. The zero-order chi connectivity index (χ0) is 14.7. The third-order valence-corrected chi connectivity index (χ3v) is 3.89. The first-order valence-electron chi connectivity index (χ1n) is 6.71. The van der Waals surface area contributed by atoms with Crippen LogP contribution < -0.4 is 5.32 Å². The van der Waals surface area contributed by atoms with Crippen molar-refractivity contribution in [3.05, 3.63) is 57.5 Å². The lowest BCUT2D eigenvalue weighted by molar-refractivity contribution is 0.170. The summed E-state index contributed by atoms with van der Waals surface area (Å²) in [6.45, 7) is 6.48. The number of hydrogen-bond donors (Lipinski definition) is 2. The Morgan fingerprint density at radius 3 is 2.65 bits per heavy atom. The third kappa shape index (κ3) is 3.72. The molecule has 1 aromatic carbocycles. The summed E-state index contributed by atoms with van der Waals surface area (Å²) in [6, 6.07) is 9.92. The number of aliphatic hydroxyl groups is 1. The lowest BCUT2D eigenvalue weighted by Gasteiger charge is -2.17. The highest BCUT2D eigenvalue weighted by atomic mass is 79.9. The standard InChI is InChI=1S/C16H20BrNO2/c1-10-7-15(12(3)20-10)11(2)18-9-16(19)13-5-4-6-14(17)8-13/h4-8,11,16,18-19H,9H2,1-3H3. The first kappa shape index (κ1) is 15.3. The zero-order valence-electron chi connectivity index (χ0n) is 12.0. The van der Waals surface area contributed by atoms with Crippen molar-refractivity contribution in [1.82, 2.24) is 5.32 Å². The molecule has 2 N–H and O–H groups in total. The van der Waals surface area contributed by atoms with Gasteiger partial charge in [-0.2, -0.15) is 0 Å². The second kappa shape index (κ2) is 6.57. The minimum atomic E-state index is -0.525. The van der Waals surface area contributed by atoms with Crippen molar-refractivity contribution in [2.45, 2.75) is 32.9 Å². The molecule has 0 saturated heterocycles. The van der Waals surface area contributed by atoms with Crippen molar-refractivity contribution < 1.29 is 9.52 Å². The van der Waals surface area contributed by atoms with Gasteiger partial charge in [0.25, 0.3) is 0 Å². The molecule has 2 atom stereocenters. The Hall–Kier alpha value is -1.10. The Morgan fingerprint density at radius 1 is 1.30 bits per heavy atom. The molecule has 0 spiro atoms. The van der Waals surface area contributed by atoms with Crippen molar-refractivity contribution in [2.24, 2.45) is 0 Å². The monoisotopic (exact) mass is 337 g/mol. The topological polar surface area (TPSA) is 45.4 Å². The van der Waals surface area contributed by atoms with Gasteiger partial charge in [0, 0.05) is 22.6 Å². The van der Waals surface area contributed by atoms with Crippen LogP contribution >= 0.6 is 15.9 Å². The second-order valence-corrected chi connectivity index (χ2v) is 5.98. The van der Waals surface area contributed by atoms with Crippen LogP contribution in [0.5, 0.6) is 0 Å². The van der Waals surface area contributed by atoms with Gasteiger partial charge in [-0.1, -0.05) is 28.1 Å². The molecule has 2 unspecified atom stereocenters. The average molecular weight is 338 g/mol. The van der Waals surface area contributed by atoms with Gasteiger partial charge in [-0.15, -0.1) is 0 Å². The van der Waals surface area contributed by atoms with Gasteiger partial charge in [0.2, 0.25) is 0 Å². The maximum atomic E-state index is 10.2. The normalized spacial score (nSPS) is 14.2. The lowest BCUT2D eigenvalue weighted by atomic mass is 10.1. The minimum absolute atomic E-state index is 0.147. The van der Waals surface area contributed by atoms with Gasteiger partial charge >= 0.3 is 0 Å². The Labute approximate surface area is 128 Å². The SMILES string of the molecule is Cc1cc(C(C)NCC(O)c2cccc(Br)c2)c(C)o1. The van der Waals surface area contributed by atoms with Crippen LogP contribution in [0.1, 0.15) is 41.7 Å². The molecular weight excluding hydrogens is 318 g/mol. The minimum Gasteiger partial charge on any atom is -0.466 e. The van der Waals surface area contributed by atoms with E-state index in [2.05, 4.69) is 28.2 Å². The highest BCUT2D eigenvalue weighted by molar-refractivity contribution is 9.10. The zero-order valence-corrected chi connectivity index (χ0v) is 13.6. The van der Waals surface area contributed by atoms with E-state index in [0.717, 1.165) is 27.1 Å².